The first-order chi connectivity index (χ1) is 9.60. The van der Waals surface area contributed by atoms with Crippen LogP contribution in [0.2, 0.25) is 5.02 Å². The Hall–Kier alpha value is -1.94. The molecule has 0 radical (unpaired) electrons. The number of ether oxygens (including phenoxy) is 1. The maximum atomic E-state index is 13.3. The molecule has 5 heteroatoms. The first-order valence-corrected chi connectivity index (χ1v) is 6.61. The van der Waals surface area contributed by atoms with E-state index >= 15 is 0 Å². The van der Waals surface area contributed by atoms with Crippen molar-refractivity contribution in [2.45, 2.75) is 13.5 Å². The summed E-state index contributed by atoms with van der Waals surface area (Å²) >= 11 is 5.62. The Kier molecular flexibility index (Phi) is 4.69. The monoisotopic (exact) mass is 295 g/mol. The zero-order chi connectivity index (χ0) is 14.5. The molecule has 20 heavy (non-hydrogen) atoms. The van der Waals surface area contributed by atoms with Crippen LogP contribution >= 0.6 is 11.6 Å². The summed E-state index contributed by atoms with van der Waals surface area (Å²) in [5, 5.41) is 12.8. The number of aromatic hydroxyl groups is 1. The number of hydrogen-bond donors (Lipinski definition) is 2. The number of phenols is 1. The van der Waals surface area contributed by atoms with Gasteiger partial charge in [-0.15, -0.1) is 0 Å². The van der Waals surface area contributed by atoms with E-state index in [1.165, 1.54) is 12.1 Å². The Morgan fingerprint density at radius 1 is 1.25 bits per heavy atom. The van der Waals surface area contributed by atoms with Crippen LogP contribution in [0, 0.1) is 5.82 Å². The van der Waals surface area contributed by atoms with Crippen molar-refractivity contribution in [1.29, 1.82) is 0 Å². The zero-order valence-electron chi connectivity index (χ0n) is 11.0. The van der Waals surface area contributed by atoms with Crippen LogP contribution in [0.1, 0.15) is 12.5 Å². The van der Waals surface area contributed by atoms with E-state index in [4.69, 9.17) is 16.3 Å². The summed E-state index contributed by atoms with van der Waals surface area (Å²) in [6, 6.07) is 9.64. The van der Waals surface area contributed by atoms with Gasteiger partial charge in [-0.1, -0.05) is 17.7 Å². The standard InChI is InChI=1S/C15H15ClFNO2/c1-2-20-15-7-10(3-6-14(15)19)9-18-11-4-5-12(16)13(17)8-11/h3-8,18-19H,2,9H2,1H3. The number of rotatable bonds is 5. The predicted octanol–water partition coefficient (Wildman–Crippen LogP) is 4.20. The third-order valence-electron chi connectivity index (χ3n) is 2.74. The van der Waals surface area contributed by atoms with Crippen LogP contribution in [0.15, 0.2) is 36.4 Å². The van der Waals surface area contributed by atoms with Crippen molar-refractivity contribution in [3.05, 3.63) is 52.8 Å². The number of anilines is 1. The molecular weight excluding hydrogens is 281 g/mol. The van der Waals surface area contributed by atoms with Crippen molar-refractivity contribution >= 4 is 17.3 Å². The molecule has 0 bridgehead atoms. The van der Waals surface area contributed by atoms with Crippen LogP contribution < -0.4 is 10.1 Å². The van der Waals surface area contributed by atoms with Crippen molar-refractivity contribution in [1.82, 2.24) is 0 Å². The largest absolute Gasteiger partial charge is 0.504 e. The molecule has 0 amide bonds. The summed E-state index contributed by atoms with van der Waals surface area (Å²) in [6.45, 7) is 2.81. The van der Waals surface area contributed by atoms with E-state index in [0.717, 1.165) is 5.56 Å². The van der Waals surface area contributed by atoms with E-state index in [0.29, 0.717) is 24.6 Å². The maximum Gasteiger partial charge on any atom is 0.161 e. The lowest BCUT2D eigenvalue weighted by atomic mass is 10.2. The molecule has 106 valence electrons. The van der Waals surface area contributed by atoms with Crippen LogP contribution in [-0.2, 0) is 6.54 Å². The minimum atomic E-state index is -0.461. The lowest BCUT2D eigenvalue weighted by Crippen LogP contribution is -2.01. The Labute approximate surface area is 122 Å². The molecule has 0 spiro atoms. The van der Waals surface area contributed by atoms with Gasteiger partial charge in [-0.2, -0.15) is 0 Å². The Morgan fingerprint density at radius 3 is 2.75 bits per heavy atom. The smallest absolute Gasteiger partial charge is 0.161 e. The third kappa shape index (κ3) is 3.54. The first-order valence-electron chi connectivity index (χ1n) is 6.23. The molecule has 0 atom stereocenters. The molecular formula is C15H15ClFNO2. The zero-order valence-corrected chi connectivity index (χ0v) is 11.7. The van der Waals surface area contributed by atoms with Crippen molar-refractivity contribution in [2.24, 2.45) is 0 Å². The van der Waals surface area contributed by atoms with Crippen LogP contribution in [0.3, 0.4) is 0 Å². The highest BCUT2D eigenvalue weighted by molar-refractivity contribution is 6.30. The molecule has 0 heterocycles. The molecule has 2 aromatic rings. The highest BCUT2D eigenvalue weighted by Gasteiger charge is 2.04. The lowest BCUT2D eigenvalue weighted by Gasteiger charge is -2.10. The van der Waals surface area contributed by atoms with E-state index < -0.39 is 5.82 Å². The van der Waals surface area contributed by atoms with E-state index in [1.54, 1.807) is 24.3 Å². The molecule has 3 nitrogen and oxygen atoms in total. The van der Waals surface area contributed by atoms with Crippen molar-refractivity contribution in [3.8, 4) is 11.5 Å². The van der Waals surface area contributed by atoms with Gasteiger partial charge in [-0.3, -0.25) is 0 Å². The van der Waals surface area contributed by atoms with Gasteiger partial charge in [0.2, 0.25) is 0 Å². The summed E-state index contributed by atoms with van der Waals surface area (Å²) in [5.74, 6) is 0.0830. The third-order valence-corrected chi connectivity index (χ3v) is 3.05. The Bertz CT molecular complexity index is 604. The summed E-state index contributed by atoms with van der Waals surface area (Å²) in [4.78, 5) is 0. The summed E-state index contributed by atoms with van der Waals surface area (Å²) < 4.78 is 18.6. The van der Waals surface area contributed by atoms with Gasteiger partial charge >= 0.3 is 0 Å². The summed E-state index contributed by atoms with van der Waals surface area (Å²) in [6.07, 6.45) is 0. The molecule has 2 aromatic carbocycles. The second kappa shape index (κ2) is 6.48. The molecule has 0 unspecified atom stereocenters. The molecule has 2 rings (SSSR count). The van der Waals surface area contributed by atoms with Crippen molar-refractivity contribution in [3.63, 3.8) is 0 Å². The number of benzene rings is 2. The van der Waals surface area contributed by atoms with Crippen LogP contribution in [0.25, 0.3) is 0 Å². The topological polar surface area (TPSA) is 41.5 Å². The van der Waals surface area contributed by atoms with Crippen LogP contribution in [0.4, 0.5) is 10.1 Å². The summed E-state index contributed by atoms with van der Waals surface area (Å²) in [7, 11) is 0. The van der Waals surface area contributed by atoms with E-state index in [9.17, 15) is 9.50 Å². The van der Waals surface area contributed by atoms with Gasteiger partial charge in [-0.25, -0.2) is 4.39 Å². The quantitative estimate of drug-likeness (QED) is 0.869. The van der Waals surface area contributed by atoms with Crippen LogP contribution in [-0.4, -0.2) is 11.7 Å². The minimum absolute atomic E-state index is 0.0961. The number of halogens is 2. The van der Waals surface area contributed by atoms with E-state index in [1.807, 2.05) is 6.92 Å². The molecule has 2 N–H and O–H groups in total. The summed E-state index contributed by atoms with van der Waals surface area (Å²) in [5.41, 5.74) is 1.56. The Morgan fingerprint density at radius 2 is 2.05 bits per heavy atom. The second-order valence-electron chi connectivity index (χ2n) is 4.22. The van der Waals surface area contributed by atoms with Gasteiger partial charge in [0.15, 0.2) is 11.5 Å². The fourth-order valence-corrected chi connectivity index (χ4v) is 1.87. The normalized spacial score (nSPS) is 10.3. The van der Waals surface area contributed by atoms with Crippen molar-refractivity contribution < 1.29 is 14.2 Å². The average Bonchev–Trinajstić information content (AvgIpc) is 2.43. The number of nitrogens with one attached hydrogen (secondary N) is 1. The van der Waals surface area contributed by atoms with Gasteiger partial charge in [0.05, 0.1) is 11.6 Å². The second-order valence-corrected chi connectivity index (χ2v) is 4.62. The molecule has 0 fully saturated rings. The fraction of sp³-hybridized carbons (Fsp3) is 0.200. The SMILES string of the molecule is CCOc1cc(CNc2ccc(Cl)c(F)c2)ccc1O. The van der Waals surface area contributed by atoms with Gasteiger partial charge < -0.3 is 15.2 Å². The van der Waals surface area contributed by atoms with Crippen molar-refractivity contribution in [2.75, 3.05) is 11.9 Å². The van der Waals surface area contributed by atoms with Gasteiger partial charge in [-0.05, 0) is 42.8 Å². The van der Waals surface area contributed by atoms with Gasteiger partial charge in [0.1, 0.15) is 5.82 Å². The molecule has 0 aromatic heterocycles. The van der Waals surface area contributed by atoms with E-state index in [-0.39, 0.29) is 10.8 Å². The maximum absolute atomic E-state index is 13.3. The molecule has 0 aliphatic carbocycles. The van der Waals surface area contributed by atoms with Gasteiger partial charge in [0, 0.05) is 12.2 Å². The minimum Gasteiger partial charge on any atom is -0.504 e. The molecule has 0 saturated heterocycles. The Balaban J connectivity index is 2.06. The number of phenolic OH excluding ortho intramolecular Hbond substituents is 1. The highest BCUT2D eigenvalue weighted by atomic mass is 35.5. The van der Waals surface area contributed by atoms with Crippen LogP contribution in [0.5, 0.6) is 11.5 Å². The fourth-order valence-electron chi connectivity index (χ4n) is 1.75. The first kappa shape index (κ1) is 14.5. The predicted molar refractivity (Wildman–Crippen MR) is 78.0 cm³/mol. The molecule has 0 saturated carbocycles. The van der Waals surface area contributed by atoms with Gasteiger partial charge in [0.25, 0.3) is 0 Å². The van der Waals surface area contributed by atoms with E-state index in [2.05, 4.69) is 5.32 Å². The molecule has 0 aliphatic heterocycles. The lowest BCUT2D eigenvalue weighted by molar-refractivity contribution is 0.318. The average molecular weight is 296 g/mol. The number of hydrogen-bond acceptors (Lipinski definition) is 3. The molecule has 0 aliphatic rings. The highest BCUT2D eigenvalue weighted by Crippen LogP contribution is 2.27.